The Hall–Kier alpha value is -3.65. The van der Waals surface area contributed by atoms with Crippen molar-refractivity contribution in [1.82, 2.24) is 9.78 Å². The molecule has 0 atom stereocenters. The quantitative estimate of drug-likeness (QED) is 0.570. The summed E-state index contributed by atoms with van der Waals surface area (Å²) in [6.45, 7) is 4.00. The second-order valence-corrected chi connectivity index (χ2v) is 6.01. The number of nitrogens with zero attached hydrogens (tertiary/aromatic N) is 3. The Kier molecular flexibility index (Phi) is 4.68. The Morgan fingerprint density at radius 2 is 1.92 bits per heavy atom. The average Bonchev–Trinajstić information content (AvgIpc) is 3.04. The summed E-state index contributed by atoms with van der Waals surface area (Å²) in [6.07, 6.45) is 3.10. The average molecular weight is 343 g/mol. The van der Waals surface area contributed by atoms with E-state index in [1.165, 1.54) is 6.08 Å². The molecule has 0 fully saturated rings. The molecule has 0 unspecified atom stereocenters. The van der Waals surface area contributed by atoms with Gasteiger partial charge in [0.2, 0.25) is 0 Å². The highest BCUT2D eigenvalue weighted by atomic mass is 16.4. The molecule has 1 aromatic heterocycles. The molecule has 0 amide bonds. The number of carboxylic acid groups (broad SMARTS) is 1. The minimum Gasteiger partial charge on any atom is -0.477 e. The molecular weight excluding hydrogens is 326 g/mol. The first-order valence-corrected chi connectivity index (χ1v) is 8.07. The second kappa shape index (κ2) is 7.08. The largest absolute Gasteiger partial charge is 0.477 e. The molecule has 0 radical (unpaired) electrons. The van der Waals surface area contributed by atoms with Gasteiger partial charge in [0.1, 0.15) is 17.3 Å². The lowest BCUT2D eigenvalue weighted by molar-refractivity contribution is -0.132. The van der Waals surface area contributed by atoms with E-state index in [1.807, 2.05) is 62.4 Å². The molecule has 5 nitrogen and oxygen atoms in total. The van der Waals surface area contributed by atoms with Crippen LogP contribution in [0.1, 0.15) is 16.7 Å². The molecule has 26 heavy (non-hydrogen) atoms. The summed E-state index contributed by atoms with van der Waals surface area (Å²) in [7, 11) is 0. The van der Waals surface area contributed by atoms with Crippen LogP contribution in [0.15, 0.2) is 60.3 Å². The Bertz CT molecular complexity index is 1040. The number of carboxylic acids is 1. The number of nitriles is 1. The zero-order valence-corrected chi connectivity index (χ0v) is 14.5. The van der Waals surface area contributed by atoms with Gasteiger partial charge in [0.15, 0.2) is 0 Å². The number of aryl methyl sites for hydroxylation is 2. The number of carbonyl (C=O) groups is 1. The van der Waals surface area contributed by atoms with Crippen LogP contribution in [0.2, 0.25) is 0 Å². The van der Waals surface area contributed by atoms with E-state index in [-0.39, 0.29) is 5.57 Å². The first-order valence-electron chi connectivity index (χ1n) is 8.07. The molecule has 0 aliphatic heterocycles. The number of aliphatic carboxylic acids is 1. The van der Waals surface area contributed by atoms with E-state index in [9.17, 15) is 9.90 Å². The second-order valence-electron chi connectivity index (χ2n) is 6.01. The standard InChI is InChI=1S/C21H17N3O2/c1-14-8-9-19(15(2)10-14)20-17(11-16(12-22)21(25)26)13-24(23-20)18-6-4-3-5-7-18/h3-11,13H,1-2H3,(H,25,26)/b16-11+. The number of rotatable bonds is 4. The Labute approximate surface area is 151 Å². The topological polar surface area (TPSA) is 78.9 Å². The van der Waals surface area contributed by atoms with Crippen molar-refractivity contribution in [2.75, 3.05) is 0 Å². The summed E-state index contributed by atoms with van der Waals surface area (Å²) in [6, 6.07) is 17.3. The van der Waals surface area contributed by atoms with Crippen LogP contribution < -0.4 is 0 Å². The van der Waals surface area contributed by atoms with Crippen molar-refractivity contribution < 1.29 is 9.90 Å². The molecule has 0 saturated carbocycles. The molecule has 3 aromatic rings. The van der Waals surface area contributed by atoms with Crippen molar-refractivity contribution in [3.63, 3.8) is 0 Å². The number of para-hydroxylation sites is 1. The van der Waals surface area contributed by atoms with Crippen LogP contribution >= 0.6 is 0 Å². The predicted molar refractivity (Wildman–Crippen MR) is 99.7 cm³/mol. The van der Waals surface area contributed by atoms with Gasteiger partial charge in [-0.2, -0.15) is 10.4 Å². The molecule has 1 heterocycles. The highest BCUT2D eigenvalue weighted by Gasteiger charge is 2.15. The Morgan fingerprint density at radius 3 is 2.54 bits per heavy atom. The van der Waals surface area contributed by atoms with Crippen LogP contribution in [-0.4, -0.2) is 20.9 Å². The van der Waals surface area contributed by atoms with Crippen molar-refractivity contribution in [1.29, 1.82) is 5.26 Å². The first kappa shape index (κ1) is 17.2. The van der Waals surface area contributed by atoms with Crippen LogP contribution in [0, 0.1) is 25.2 Å². The van der Waals surface area contributed by atoms with E-state index in [2.05, 4.69) is 5.10 Å². The fourth-order valence-electron chi connectivity index (χ4n) is 2.79. The molecule has 0 spiro atoms. The van der Waals surface area contributed by atoms with Crippen LogP contribution in [0.25, 0.3) is 23.0 Å². The fourth-order valence-corrected chi connectivity index (χ4v) is 2.79. The molecule has 128 valence electrons. The maximum atomic E-state index is 11.3. The zero-order chi connectivity index (χ0) is 18.7. The molecule has 1 N–H and O–H groups in total. The summed E-state index contributed by atoms with van der Waals surface area (Å²) in [5.74, 6) is -1.26. The Morgan fingerprint density at radius 1 is 1.19 bits per heavy atom. The van der Waals surface area contributed by atoms with Gasteiger partial charge in [-0.05, 0) is 37.6 Å². The predicted octanol–water partition coefficient (Wildman–Crippen LogP) is 4.15. The highest BCUT2D eigenvalue weighted by Crippen LogP contribution is 2.29. The molecule has 0 aliphatic rings. The molecule has 0 saturated heterocycles. The zero-order valence-electron chi connectivity index (χ0n) is 14.5. The van der Waals surface area contributed by atoms with Crippen molar-refractivity contribution in [3.05, 3.63) is 77.0 Å². The van der Waals surface area contributed by atoms with E-state index in [0.29, 0.717) is 11.3 Å². The van der Waals surface area contributed by atoms with Gasteiger partial charge >= 0.3 is 5.97 Å². The van der Waals surface area contributed by atoms with E-state index >= 15 is 0 Å². The van der Waals surface area contributed by atoms with Gasteiger partial charge in [-0.25, -0.2) is 9.48 Å². The van der Waals surface area contributed by atoms with Crippen LogP contribution in [-0.2, 0) is 4.79 Å². The summed E-state index contributed by atoms with van der Waals surface area (Å²) in [5, 5.41) is 23.0. The molecular formula is C21H17N3O2. The summed E-state index contributed by atoms with van der Waals surface area (Å²) < 4.78 is 1.69. The Balaban J connectivity index is 2.23. The molecule has 5 heteroatoms. The smallest absolute Gasteiger partial charge is 0.346 e. The van der Waals surface area contributed by atoms with Crippen LogP contribution in [0.4, 0.5) is 0 Å². The lowest BCUT2D eigenvalue weighted by Crippen LogP contribution is -1.97. The SMILES string of the molecule is Cc1ccc(-c2nn(-c3ccccc3)cc2/C=C(\C#N)C(=O)O)c(C)c1. The van der Waals surface area contributed by atoms with E-state index in [1.54, 1.807) is 16.9 Å². The van der Waals surface area contributed by atoms with E-state index < -0.39 is 5.97 Å². The van der Waals surface area contributed by atoms with Crippen molar-refractivity contribution in [2.45, 2.75) is 13.8 Å². The van der Waals surface area contributed by atoms with Crippen LogP contribution in [0.5, 0.6) is 0 Å². The van der Waals surface area contributed by atoms with Gasteiger partial charge in [-0.3, -0.25) is 0 Å². The van der Waals surface area contributed by atoms with Gasteiger partial charge in [0, 0.05) is 17.3 Å². The third-order valence-electron chi connectivity index (χ3n) is 4.05. The van der Waals surface area contributed by atoms with Gasteiger partial charge in [0.25, 0.3) is 0 Å². The van der Waals surface area contributed by atoms with Crippen molar-refractivity contribution in [2.24, 2.45) is 0 Å². The van der Waals surface area contributed by atoms with Crippen molar-refractivity contribution in [3.8, 4) is 23.0 Å². The van der Waals surface area contributed by atoms with Gasteiger partial charge in [0.05, 0.1) is 5.69 Å². The van der Waals surface area contributed by atoms with Crippen molar-refractivity contribution >= 4 is 12.0 Å². The molecule has 2 aromatic carbocycles. The van der Waals surface area contributed by atoms with Gasteiger partial charge < -0.3 is 5.11 Å². The highest BCUT2D eigenvalue weighted by molar-refractivity contribution is 5.97. The molecule has 0 bridgehead atoms. The summed E-state index contributed by atoms with van der Waals surface area (Å²) >= 11 is 0. The maximum Gasteiger partial charge on any atom is 0.346 e. The molecule has 3 rings (SSSR count). The normalized spacial score (nSPS) is 11.2. The van der Waals surface area contributed by atoms with Gasteiger partial charge in [-0.15, -0.1) is 0 Å². The first-order chi connectivity index (χ1) is 12.5. The minimum absolute atomic E-state index is 0.330. The third-order valence-corrected chi connectivity index (χ3v) is 4.05. The molecule has 0 aliphatic carbocycles. The van der Waals surface area contributed by atoms with E-state index in [0.717, 1.165) is 22.4 Å². The number of benzene rings is 2. The van der Waals surface area contributed by atoms with Gasteiger partial charge in [-0.1, -0.05) is 42.0 Å². The number of hydrogen-bond donors (Lipinski definition) is 1. The summed E-state index contributed by atoms with van der Waals surface area (Å²) in [4.78, 5) is 11.3. The van der Waals surface area contributed by atoms with E-state index in [4.69, 9.17) is 5.26 Å². The monoisotopic (exact) mass is 343 g/mol. The number of hydrogen-bond acceptors (Lipinski definition) is 3. The lowest BCUT2D eigenvalue weighted by atomic mass is 10.00. The minimum atomic E-state index is -1.26. The number of aromatic nitrogens is 2. The lowest BCUT2D eigenvalue weighted by Gasteiger charge is -2.05. The van der Waals surface area contributed by atoms with Crippen LogP contribution in [0.3, 0.4) is 0 Å². The fraction of sp³-hybridized carbons (Fsp3) is 0.0952. The third kappa shape index (κ3) is 3.40. The summed E-state index contributed by atoms with van der Waals surface area (Å²) in [5.41, 5.74) is 4.82. The maximum absolute atomic E-state index is 11.3.